The van der Waals surface area contributed by atoms with E-state index in [0.29, 0.717) is 18.6 Å². The van der Waals surface area contributed by atoms with Crippen molar-refractivity contribution in [3.05, 3.63) is 90.7 Å². The van der Waals surface area contributed by atoms with E-state index in [9.17, 15) is 13.6 Å². The lowest BCUT2D eigenvalue weighted by Gasteiger charge is -2.23. The number of para-hydroxylation sites is 1. The summed E-state index contributed by atoms with van der Waals surface area (Å²) in [4.78, 5) is 13.5. The van der Waals surface area contributed by atoms with Crippen LogP contribution in [0.4, 0.5) is 14.5 Å². The van der Waals surface area contributed by atoms with Crippen LogP contribution in [0.3, 0.4) is 0 Å². The molecule has 0 saturated carbocycles. The van der Waals surface area contributed by atoms with Crippen LogP contribution in [0.15, 0.2) is 90.3 Å². The van der Waals surface area contributed by atoms with E-state index in [4.69, 9.17) is 0 Å². The number of halogens is 2. The predicted molar refractivity (Wildman–Crippen MR) is 156 cm³/mol. The van der Waals surface area contributed by atoms with Crippen LogP contribution in [-0.2, 0) is 4.79 Å². The Morgan fingerprint density at radius 3 is 2.19 bits per heavy atom. The zero-order valence-electron chi connectivity index (χ0n) is 23.5. The smallest absolute Gasteiger partial charge is 0.126 e. The summed E-state index contributed by atoms with van der Waals surface area (Å²) in [5, 5.41) is 6.32. The standard InChI is InChI=1S/C25H32FN3O.2C2H6.CH3F/c1-5-6-10-15-22(2)29(4)27-24(18-21-30)23-16-11-12-17-25(23)28(3)20-14-9-7-8-13-19-26;3*1-2/h5-13,15-17,21H,2,14,18-20H2,1,3-4H3;2*1-2H3;1H3/b6-5-,9-7-,13-8-,15-10-,27-24+;;;. The van der Waals surface area contributed by atoms with Crippen LogP contribution in [0.1, 0.15) is 53.0 Å². The summed E-state index contributed by atoms with van der Waals surface area (Å²) in [6, 6.07) is 7.90. The summed E-state index contributed by atoms with van der Waals surface area (Å²) in [7, 11) is 4.32. The van der Waals surface area contributed by atoms with Gasteiger partial charge in [0, 0.05) is 38.3 Å². The number of rotatable bonds is 13. The molecular formula is C30H47F2N3O. The van der Waals surface area contributed by atoms with Crippen molar-refractivity contribution in [3.63, 3.8) is 0 Å². The van der Waals surface area contributed by atoms with Crippen LogP contribution in [0.25, 0.3) is 0 Å². The Balaban J connectivity index is -0.00000168. The van der Waals surface area contributed by atoms with Gasteiger partial charge in [0.1, 0.15) is 13.0 Å². The fraction of sp³-hybridized carbons (Fsp3) is 0.400. The van der Waals surface area contributed by atoms with Crippen molar-refractivity contribution in [3.8, 4) is 0 Å². The van der Waals surface area contributed by atoms with Crippen molar-refractivity contribution >= 4 is 17.7 Å². The maximum atomic E-state index is 12.1. The van der Waals surface area contributed by atoms with Crippen molar-refractivity contribution in [2.45, 2.75) is 47.5 Å². The van der Waals surface area contributed by atoms with E-state index in [1.165, 1.54) is 6.08 Å². The van der Waals surface area contributed by atoms with E-state index >= 15 is 0 Å². The van der Waals surface area contributed by atoms with Gasteiger partial charge in [-0.3, -0.25) is 9.40 Å². The number of likely N-dealkylation sites (N-methyl/N-ethyl adjacent to an activating group) is 1. The first-order chi connectivity index (χ1) is 17.5. The Morgan fingerprint density at radius 2 is 1.61 bits per heavy atom. The first kappa shape index (κ1) is 37.3. The minimum absolute atomic E-state index is 0.203. The van der Waals surface area contributed by atoms with Crippen molar-refractivity contribution in [2.75, 3.05) is 39.4 Å². The topological polar surface area (TPSA) is 35.9 Å². The molecule has 1 aromatic carbocycles. The van der Waals surface area contributed by atoms with Crippen LogP contribution >= 0.6 is 0 Å². The molecule has 0 heterocycles. The lowest BCUT2D eigenvalue weighted by Crippen LogP contribution is -2.22. The fourth-order valence-corrected chi connectivity index (χ4v) is 2.66. The SMILES string of the molecule is C=C(/C=C\C=C/C)N(C)/N=C(\CC=O)c1ccccc1N(C)CC/C=C\C=C/CF.CC.CC.CF. The van der Waals surface area contributed by atoms with Crippen LogP contribution in [-0.4, -0.2) is 51.5 Å². The van der Waals surface area contributed by atoms with E-state index in [-0.39, 0.29) is 6.42 Å². The lowest BCUT2D eigenvalue weighted by atomic mass is 10.0. The predicted octanol–water partition coefficient (Wildman–Crippen LogP) is 8.10. The van der Waals surface area contributed by atoms with Crippen molar-refractivity contribution < 1.29 is 13.6 Å². The number of benzene rings is 1. The molecule has 0 saturated heterocycles. The number of hydrogen-bond donors (Lipinski definition) is 0. The highest BCUT2D eigenvalue weighted by atomic mass is 19.1. The number of nitrogens with zero attached hydrogens (tertiary/aromatic N) is 3. The molecule has 0 atom stereocenters. The normalized spacial score (nSPS) is 10.9. The highest BCUT2D eigenvalue weighted by molar-refractivity contribution is 6.10. The molecule has 1 rings (SSSR count). The van der Waals surface area contributed by atoms with Crippen molar-refractivity contribution in [2.24, 2.45) is 5.10 Å². The molecule has 36 heavy (non-hydrogen) atoms. The lowest BCUT2D eigenvalue weighted by molar-refractivity contribution is -0.106. The number of carbonyl (C=O) groups excluding carboxylic acids is 1. The van der Waals surface area contributed by atoms with Crippen LogP contribution in [0.5, 0.6) is 0 Å². The van der Waals surface area contributed by atoms with Gasteiger partial charge in [-0.2, -0.15) is 5.10 Å². The van der Waals surface area contributed by atoms with Crippen molar-refractivity contribution in [1.82, 2.24) is 5.01 Å². The summed E-state index contributed by atoms with van der Waals surface area (Å²) >= 11 is 0. The zero-order valence-corrected chi connectivity index (χ0v) is 23.5. The Morgan fingerprint density at radius 1 is 1.00 bits per heavy atom. The second-order valence-corrected chi connectivity index (χ2v) is 6.56. The molecule has 0 radical (unpaired) electrons. The van der Waals surface area contributed by atoms with Crippen LogP contribution < -0.4 is 4.90 Å². The number of alkyl halides is 2. The van der Waals surface area contributed by atoms with Gasteiger partial charge in [0.25, 0.3) is 0 Å². The van der Waals surface area contributed by atoms with Gasteiger partial charge in [0.05, 0.1) is 18.6 Å². The molecule has 0 fully saturated rings. The largest absolute Gasteiger partial charge is 0.374 e. The number of hydrazone groups is 1. The average molecular weight is 504 g/mol. The van der Waals surface area contributed by atoms with Crippen molar-refractivity contribution in [1.29, 1.82) is 0 Å². The molecule has 0 aliphatic heterocycles. The number of allylic oxidation sites excluding steroid dienone is 7. The van der Waals surface area contributed by atoms with Gasteiger partial charge in [-0.25, -0.2) is 4.39 Å². The Hall–Kier alpha value is -3.28. The molecule has 0 aromatic heterocycles. The monoisotopic (exact) mass is 503 g/mol. The molecular weight excluding hydrogens is 456 g/mol. The molecule has 0 amide bonds. The molecule has 0 N–H and O–H groups in total. The molecule has 0 aliphatic rings. The molecule has 202 valence electrons. The molecule has 0 unspecified atom stereocenters. The van der Waals surface area contributed by atoms with Crippen LogP contribution in [0, 0.1) is 0 Å². The molecule has 0 spiro atoms. The first-order valence-corrected chi connectivity index (χ1v) is 12.3. The van der Waals surface area contributed by atoms with Gasteiger partial charge in [-0.15, -0.1) is 0 Å². The second-order valence-electron chi connectivity index (χ2n) is 6.56. The second kappa shape index (κ2) is 28.0. The molecule has 0 bridgehead atoms. The summed E-state index contributed by atoms with van der Waals surface area (Å²) in [6.45, 7) is 14.3. The number of aldehydes is 1. The van der Waals surface area contributed by atoms with Gasteiger partial charge in [-0.05, 0) is 25.5 Å². The van der Waals surface area contributed by atoms with E-state index in [0.717, 1.165) is 30.5 Å². The summed E-state index contributed by atoms with van der Waals surface area (Å²) in [6.07, 6.45) is 16.5. The Bertz CT molecular complexity index is 827. The van der Waals surface area contributed by atoms with Gasteiger partial charge in [0.2, 0.25) is 0 Å². The van der Waals surface area contributed by atoms with Gasteiger partial charge in [-0.1, -0.05) is 95.0 Å². The molecule has 0 aliphatic carbocycles. The third kappa shape index (κ3) is 17.2. The third-order valence-corrected chi connectivity index (χ3v) is 4.28. The quantitative estimate of drug-likeness (QED) is 0.118. The number of anilines is 1. The van der Waals surface area contributed by atoms with Crippen LogP contribution in [0.2, 0.25) is 0 Å². The maximum absolute atomic E-state index is 12.1. The number of carbonyl (C=O) groups is 1. The summed E-state index contributed by atoms with van der Waals surface area (Å²) in [5.41, 5.74) is 3.30. The van der Waals surface area contributed by atoms with E-state index in [2.05, 4.69) is 16.6 Å². The molecule has 4 nitrogen and oxygen atoms in total. The van der Waals surface area contributed by atoms with E-state index in [1.54, 1.807) is 11.1 Å². The van der Waals surface area contributed by atoms with Gasteiger partial charge in [0.15, 0.2) is 0 Å². The Labute approximate surface area is 219 Å². The van der Waals surface area contributed by atoms with Gasteiger partial charge >= 0.3 is 0 Å². The molecule has 1 aromatic rings. The average Bonchev–Trinajstić information content (AvgIpc) is 2.93. The highest BCUT2D eigenvalue weighted by Crippen LogP contribution is 2.22. The summed E-state index contributed by atoms with van der Waals surface area (Å²) < 4.78 is 21.6. The zero-order chi connectivity index (χ0) is 28.2. The van der Waals surface area contributed by atoms with E-state index < -0.39 is 6.67 Å². The Kier molecular flexibility index (Phi) is 28.9. The minimum Gasteiger partial charge on any atom is -0.374 e. The van der Waals surface area contributed by atoms with E-state index in [1.807, 2.05) is 109 Å². The van der Waals surface area contributed by atoms with Gasteiger partial charge < -0.3 is 9.69 Å². The fourth-order valence-electron chi connectivity index (χ4n) is 2.66. The maximum Gasteiger partial charge on any atom is 0.126 e. The number of hydrogen-bond acceptors (Lipinski definition) is 4. The first-order valence-electron chi connectivity index (χ1n) is 12.3. The minimum atomic E-state index is -0.456. The molecule has 6 heteroatoms. The summed E-state index contributed by atoms with van der Waals surface area (Å²) in [5.74, 6) is 0. The highest BCUT2D eigenvalue weighted by Gasteiger charge is 2.13. The third-order valence-electron chi connectivity index (χ3n) is 4.28.